The summed E-state index contributed by atoms with van der Waals surface area (Å²) in [6.07, 6.45) is 3.83. The van der Waals surface area contributed by atoms with E-state index in [-0.39, 0.29) is 11.7 Å². The molecule has 1 unspecified atom stereocenters. The van der Waals surface area contributed by atoms with Crippen molar-refractivity contribution in [3.8, 4) is 0 Å². The van der Waals surface area contributed by atoms with Gasteiger partial charge >= 0.3 is 0 Å². The van der Waals surface area contributed by atoms with E-state index in [0.717, 1.165) is 50.5 Å². The highest BCUT2D eigenvalue weighted by molar-refractivity contribution is 6.07. The number of halogens is 1. The SMILES string of the molecule is CCN(CC)c1cccc(C2CCN(CCCN3C(=O)C(CC)(c4ccc(F)cc4)N=C3C)CC2)c1. The lowest BCUT2D eigenvalue weighted by atomic mass is 9.87. The van der Waals surface area contributed by atoms with Crippen LogP contribution in [0.3, 0.4) is 0 Å². The third-order valence-electron chi connectivity index (χ3n) is 8.09. The van der Waals surface area contributed by atoms with Gasteiger partial charge in [0.2, 0.25) is 0 Å². The van der Waals surface area contributed by atoms with E-state index < -0.39 is 5.54 Å². The van der Waals surface area contributed by atoms with E-state index in [9.17, 15) is 9.18 Å². The molecule has 1 amide bonds. The number of piperidine rings is 1. The van der Waals surface area contributed by atoms with Gasteiger partial charge in [0.15, 0.2) is 5.54 Å². The van der Waals surface area contributed by atoms with E-state index >= 15 is 0 Å². The van der Waals surface area contributed by atoms with E-state index in [4.69, 9.17) is 4.99 Å². The number of aliphatic imine (C=N–C) groups is 1. The molecule has 1 atom stereocenters. The van der Waals surface area contributed by atoms with Crippen LogP contribution in [0.1, 0.15) is 70.4 Å². The van der Waals surface area contributed by atoms with Crippen molar-refractivity contribution in [2.75, 3.05) is 44.2 Å². The lowest BCUT2D eigenvalue weighted by Gasteiger charge is -2.33. The molecule has 5 nitrogen and oxygen atoms in total. The largest absolute Gasteiger partial charge is 0.372 e. The third-order valence-corrected chi connectivity index (χ3v) is 8.09. The number of likely N-dealkylation sites (tertiary alicyclic amines) is 1. The van der Waals surface area contributed by atoms with Crippen molar-refractivity contribution in [3.63, 3.8) is 0 Å². The Morgan fingerprint density at radius 3 is 2.36 bits per heavy atom. The van der Waals surface area contributed by atoms with Crippen molar-refractivity contribution in [2.24, 2.45) is 4.99 Å². The average Bonchev–Trinajstić information content (AvgIpc) is 3.15. The summed E-state index contributed by atoms with van der Waals surface area (Å²) in [5.74, 6) is 1.10. The molecule has 0 N–H and O–H groups in total. The van der Waals surface area contributed by atoms with Gasteiger partial charge in [0.1, 0.15) is 11.7 Å². The number of hydrogen-bond donors (Lipinski definition) is 0. The maximum atomic E-state index is 13.5. The molecule has 1 fully saturated rings. The smallest absolute Gasteiger partial charge is 0.260 e. The topological polar surface area (TPSA) is 39.1 Å². The highest BCUT2D eigenvalue weighted by Crippen LogP contribution is 2.37. The Balaban J connectivity index is 1.29. The van der Waals surface area contributed by atoms with Gasteiger partial charge in [-0.25, -0.2) is 4.39 Å². The second-order valence-electron chi connectivity index (χ2n) is 10.1. The summed E-state index contributed by atoms with van der Waals surface area (Å²) in [5, 5.41) is 0. The highest BCUT2D eigenvalue weighted by Gasteiger charge is 2.46. The van der Waals surface area contributed by atoms with Gasteiger partial charge in [-0.15, -0.1) is 0 Å². The van der Waals surface area contributed by atoms with E-state index in [1.54, 1.807) is 12.1 Å². The first-order valence-corrected chi connectivity index (χ1v) is 13.6. The van der Waals surface area contributed by atoms with Crippen LogP contribution >= 0.6 is 0 Å². The Bertz CT molecular complexity index is 1060. The van der Waals surface area contributed by atoms with Crippen LogP contribution in [-0.2, 0) is 10.3 Å². The number of benzene rings is 2. The molecule has 2 aromatic carbocycles. The first-order chi connectivity index (χ1) is 17.4. The highest BCUT2D eigenvalue weighted by atomic mass is 19.1. The maximum Gasteiger partial charge on any atom is 0.260 e. The molecule has 0 aromatic heterocycles. The van der Waals surface area contributed by atoms with Crippen LogP contribution in [0.25, 0.3) is 0 Å². The zero-order valence-corrected chi connectivity index (χ0v) is 22.3. The minimum Gasteiger partial charge on any atom is -0.372 e. The predicted octanol–water partition coefficient (Wildman–Crippen LogP) is 5.81. The van der Waals surface area contributed by atoms with Gasteiger partial charge in [0, 0.05) is 25.3 Å². The normalized spacial score (nSPS) is 21.2. The maximum absolute atomic E-state index is 13.5. The average molecular weight is 493 g/mol. The summed E-state index contributed by atoms with van der Waals surface area (Å²) in [6.45, 7) is 14.2. The Labute approximate surface area is 216 Å². The number of amides is 1. The molecule has 0 aliphatic carbocycles. The predicted molar refractivity (Wildman–Crippen MR) is 146 cm³/mol. The zero-order chi connectivity index (χ0) is 25.7. The second kappa shape index (κ2) is 11.5. The monoisotopic (exact) mass is 492 g/mol. The molecule has 36 heavy (non-hydrogen) atoms. The van der Waals surface area contributed by atoms with E-state index in [1.165, 1.54) is 36.2 Å². The standard InChI is InChI=1S/C30H41FN4O/c1-5-30(26-12-14-27(31)15-13-26)29(36)35(23(4)32-30)19-9-18-33-20-16-24(17-21-33)25-10-8-11-28(22-25)34(6-2)7-3/h8,10-15,22,24H,5-7,9,16-21H2,1-4H3. The number of anilines is 1. The molecule has 194 valence electrons. The van der Waals surface area contributed by atoms with Gasteiger partial charge in [0.05, 0.1) is 0 Å². The van der Waals surface area contributed by atoms with Gasteiger partial charge < -0.3 is 9.80 Å². The number of nitrogens with zero attached hydrogens (tertiary/aromatic N) is 4. The summed E-state index contributed by atoms with van der Waals surface area (Å²) >= 11 is 0. The van der Waals surface area contributed by atoms with E-state index in [2.05, 4.69) is 47.9 Å². The lowest BCUT2D eigenvalue weighted by molar-refractivity contribution is -0.131. The molecule has 0 bridgehead atoms. The lowest BCUT2D eigenvalue weighted by Crippen LogP contribution is -2.42. The quantitative estimate of drug-likeness (QED) is 0.420. The summed E-state index contributed by atoms with van der Waals surface area (Å²) < 4.78 is 13.5. The first kappa shape index (κ1) is 26.3. The molecule has 0 radical (unpaired) electrons. The number of carbonyl (C=O) groups excluding carboxylic acids is 1. The number of rotatable bonds is 10. The zero-order valence-electron chi connectivity index (χ0n) is 22.3. The third kappa shape index (κ3) is 5.34. The first-order valence-electron chi connectivity index (χ1n) is 13.6. The Morgan fingerprint density at radius 2 is 1.72 bits per heavy atom. The van der Waals surface area contributed by atoms with Crippen LogP contribution in [0.5, 0.6) is 0 Å². The van der Waals surface area contributed by atoms with Crippen LogP contribution < -0.4 is 4.90 Å². The van der Waals surface area contributed by atoms with Crippen LogP contribution in [0.2, 0.25) is 0 Å². The minimum absolute atomic E-state index is 0.0147. The Hall–Kier alpha value is -2.73. The van der Waals surface area contributed by atoms with E-state index in [0.29, 0.717) is 18.9 Å². The summed E-state index contributed by atoms with van der Waals surface area (Å²) in [5.41, 5.74) is 2.64. The number of hydrogen-bond acceptors (Lipinski definition) is 4. The van der Waals surface area contributed by atoms with Gasteiger partial charge in [-0.3, -0.25) is 14.7 Å². The molecule has 0 saturated carbocycles. The van der Waals surface area contributed by atoms with Crippen LogP contribution in [0.15, 0.2) is 53.5 Å². The second-order valence-corrected chi connectivity index (χ2v) is 10.1. The molecular weight excluding hydrogens is 451 g/mol. The number of amidine groups is 1. The van der Waals surface area contributed by atoms with Gasteiger partial charge in [-0.2, -0.15) is 0 Å². The Kier molecular flexibility index (Phi) is 8.45. The minimum atomic E-state index is -0.921. The summed E-state index contributed by atoms with van der Waals surface area (Å²) in [7, 11) is 0. The Morgan fingerprint density at radius 1 is 1.03 bits per heavy atom. The molecule has 2 aromatic rings. The van der Waals surface area contributed by atoms with E-state index in [1.807, 2.05) is 18.7 Å². The van der Waals surface area contributed by atoms with Crippen molar-refractivity contribution in [2.45, 2.75) is 64.8 Å². The van der Waals surface area contributed by atoms with Crippen LogP contribution in [-0.4, -0.2) is 60.8 Å². The van der Waals surface area contributed by atoms with Gasteiger partial charge in [0.25, 0.3) is 5.91 Å². The molecule has 2 heterocycles. The van der Waals surface area contributed by atoms with Crippen molar-refractivity contribution in [1.82, 2.24) is 9.80 Å². The van der Waals surface area contributed by atoms with Crippen molar-refractivity contribution in [1.29, 1.82) is 0 Å². The summed E-state index contributed by atoms with van der Waals surface area (Å²) in [4.78, 5) is 25.0. The van der Waals surface area contributed by atoms with Crippen LogP contribution in [0, 0.1) is 5.82 Å². The van der Waals surface area contributed by atoms with Gasteiger partial charge in [-0.05, 0) is 107 Å². The fraction of sp³-hybridized carbons (Fsp3) is 0.533. The molecule has 2 aliphatic heterocycles. The molecule has 1 saturated heterocycles. The van der Waals surface area contributed by atoms with Crippen molar-refractivity contribution >= 4 is 17.4 Å². The molecule has 0 spiro atoms. The molecular formula is C30H41FN4O. The number of carbonyl (C=O) groups is 1. The molecule has 2 aliphatic rings. The molecule has 6 heteroatoms. The fourth-order valence-corrected chi connectivity index (χ4v) is 5.87. The van der Waals surface area contributed by atoms with Crippen molar-refractivity contribution < 1.29 is 9.18 Å². The summed E-state index contributed by atoms with van der Waals surface area (Å²) in [6, 6.07) is 15.3. The fourth-order valence-electron chi connectivity index (χ4n) is 5.87. The molecule has 4 rings (SSSR count). The van der Waals surface area contributed by atoms with Crippen molar-refractivity contribution in [3.05, 3.63) is 65.5 Å². The van der Waals surface area contributed by atoms with Crippen LogP contribution in [0.4, 0.5) is 10.1 Å². The van der Waals surface area contributed by atoms with Gasteiger partial charge in [-0.1, -0.05) is 31.2 Å².